The zero-order valence-corrected chi connectivity index (χ0v) is 9.15. The molecule has 3 N–H and O–H groups in total. The van der Waals surface area contributed by atoms with Gasteiger partial charge in [-0.25, -0.2) is 0 Å². The van der Waals surface area contributed by atoms with Crippen molar-refractivity contribution in [2.24, 2.45) is 5.73 Å². The van der Waals surface area contributed by atoms with Crippen molar-refractivity contribution >= 4 is 0 Å². The molecule has 3 heteroatoms. The highest BCUT2D eigenvalue weighted by Crippen LogP contribution is 2.20. The van der Waals surface area contributed by atoms with E-state index in [1.165, 1.54) is 0 Å². The number of aliphatic hydroxyl groups excluding tert-OH is 1. The zero-order valence-electron chi connectivity index (χ0n) is 9.15. The monoisotopic (exact) mass is 209 g/mol. The molecule has 0 saturated carbocycles. The third-order valence-corrected chi connectivity index (χ3v) is 2.45. The van der Waals surface area contributed by atoms with Gasteiger partial charge >= 0.3 is 0 Å². The molecule has 1 atom stereocenters. The van der Waals surface area contributed by atoms with E-state index < -0.39 is 0 Å². The second-order valence-corrected chi connectivity index (χ2v) is 3.60. The number of benzene rings is 1. The number of methoxy groups -OCH3 is 1. The molecule has 1 rings (SSSR count). The Morgan fingerprint density at radius 2 is 2.20 bits per heavy atom. The fourth-order valence-corrected chi connectivity index (χ4v) is 1.51. The zero-order chi connectivity index (χ0) is 11.1. The van der Waals surface area contributed by atoms with Crippen molar-refractivity contribution in [3.8, 4) is 5.75 Å². The normalized spacial score (nSPS) is 12.5. The van der Waals surface area contributed by atoms with Crippen LogP contribution in [0.3, 0.4) is 0 Å². The van der Waals surface area contributed by atoms with E-state index in [1.807, 2.05) is 24.3 Å². The van der Waals surface area contributed by atoms with Gasteiger partial charge in [0, 0.05) is 12.6 Å². The number of rotatable bonds is 6. The molecule has 84 valence electrons. The van der Waals surface area contributed by atoms with Crippen molar-refractivity contribution in [3.05, 3.63) is 29.8 Å². The van der Waals surface area contributed by atoms with Crippen LogP contribution in [0.4, 0.5) is 0 Å². The van der Waals surface area contributed by atoms with E-state index >= 15 is 0 Å². The molecule has 0 aliphatic carbocycles. The average molecular weight is 209 g/mol. The second kappa shape index (κ2) is 6.43. The van der Waals surface area contributed by atoms with Crippen molar-refractivity contribution in [3.63, 3.8) is 0 Å². The summed E-state index contributed by atoms with van der Waals surface area (Å²) in [5, 5.41) is 8.67. The Hall–Kier alpha value is -1.06. The summed E-state index contributed by atoms with van der Waals surface area (Å²) in [5.74, 6) is 0.838. The van der Waals surface area contributed by atoms with Gasteiger partial charge in [0.25, 0.3) is 0 Å². The Labute approximate surface area is 90.9 Å². The molecule has 15 heavy (non-hydrogen) atoms. The van der Waals surface area contributed by atoms with Crippen LogP contribution < -0.4 is 10.5 Å². The lowest BCUT2D eigenvalue weighted by Gasteiger charge is -2.12. The van der Waals surface area contributed by atoms with Crippen LogP contribution in [0.15, 0.2) is 24.3 Å². The van der Waals surface area contributed by atoms with E-state index in [0.717, 1.165) is 30.6 Å². The quantitative estimate of drug-likeness (QED) is 0.703. The van der Waals surface area contributed by atoms with E-state index in [0.29, 0.717) is 0 Å². The second-order valence-electron chi connectivity index (χ2n) is 3.60. The average Bonchev–Trinajstić information content (AvgIpc) is 2.29. The Kier molecular flexibility index (Phi) is 5.15. The smallest absolute Gasteiger partial charge is 0.119 e. The predicted molar refractivity (Wildman–Crippen MR) is 60.9 cm³/mol. The summed E-state index contributed by atoms with van der Waals surface area (Å²) in [5.41, 5.74) is 7.11. The fraction of sp³-hybridized carbons (Fsp3) is 0.500. The van der Waals surface area contributed by atoms with Gasteiger partial charge in [-0.1, -0.05) is 12.1 Å². The van der Waals surface area contributed by atoms with E-state index in [-0.39, 0.29) is 12.6 Å². The largest absolute Gasteiger partial charge is 0.497 e. The number of ether oxygens (including phenoxy) is 1. The van der Waals surface area contributed by atoms with Crippen LogP contribution in [0.2, 0.25) is 0 Å². The summed E-state index contributed by atoms with van der Waals surface area (Å²) < 4.78 is 5.14. The van der Waals surface area contributed by atoms with Gasteiger partial charge in [0.05, 0.1) is 7.11 Å². The molecule has 1 aromatic rings. The van der Waals surface area contributed by atoms with Gasteiger partial charge in [-0.3, -0.25) is 0 Å². The van der Waals surface area contributed by atoms with Crippen LogP contribution in [0.1, 0.15) is 30.9 Å². The van der Waals surface area contributed by atoms with Crippen LogP contribution in [0.25, 0.3) is 0 Å². The molecule has 0 bridgehead atoms. The first-order valence-electron chi connectivity index (χ1n) is 5.28. The van der Waals surface area contributed by atoms with Crippen LogP contribution in [-0.4, -0.2) is 18.8 Å². The maximum absolute atomic E-state index is 8.67. The minimum absolute atomic E-state index is 0.0339. The van der Waals surface area contributed by atoms with Crippen molar-refractivity contribution in [1.82, 2.24) is 0 Å². The molecule has 0 radical (unpaired) electrons. The molecule has 0 saturated heterocycles. The fourth-order valence-electron chi connectivity index (χ4n) is 1.51. The van der Waals surface area contributed by atoms with Crippen molar-refractivity contribution in [2.45, 2.75) is 25.3 Å². The minimum atomic E-state index is 0.0339. The lowest BCUT2D eigenvalue weighted by Crippen LogP contribution is -2.10. The molecule has 1 unspecified atom stereocenters. The molecule has 1 aromatic carbocycles. The Morgan fingerprint density at radius 3 is 2.87 bits per heavy atom. The van der Waals surface area contributed by atoms with Gasteiger partial charge in [0.1, 0.15) is 5.75 Å². The Bertz CT molecular complexity index is 289. The van der Waals surface area contributed by atoms with Crippen LogP contribution in [0.5, 0.6) is 5.75 Å². The molecule has 0 aliphatic heterocycles. The SMILES string of the molecule is COc1cccc(C(N)CCCCO)c1. The summed E-state index contributed by atoms with van der Waals surface area (Å²) in [6.07, 6.45) is 2.67. The molecule has 0 aromatic heterocycles. The summed E-state index contributed by atoms with van der Waals surface area (Å²) in [4.78, 5) is 0. The first kappa shape index (κ1) is 12.0. The van der Waals surface area contributed by atoms with Gasteiger partial charge in [0.2, 0.25) is 0 Å². The molecule has 3 nitrogen and oxygen atoms in total. The van der Waals surface area contributed by atoms with E-state index in [1.54, 1.807) is 7.11 Å². The minimum Gasteiger partial charge on any atom is -0.497 e. The number of aliphatic hydroxyl groups is 1. The molecular weight excluding hydrogens is 190 g/mol. The number of unbranched alkanes of at least 4 members (excludes halogenated alkanes) is 1. The van der Waals surface area contributed by atoms with E-state index in [9.17, 15) is 0 Å². The number of nitrogens with two attached hydrogens (primary N) is 1. The summed E-state index contributed by atoms with van der Waals surface area (Å²) in [6.45, 7) is 0.241. The highest BCUT2D eigenvalue weighted by molar-refractivity contribution is 5.30. The Balaban J connectivity index is 2.52. The van der Waals surface area contributed by atoms with E-state index in [4.69, 9.17) is 15.6 Å². The first-order valence-corrected chi connectivity index (χ1v) is 5.28. The highest BCUT2D eigenvalue weighted by Gasteiger charge is 2.06. The van der Waals surface area contributed by atoms with Crippen LogP contribution >= 0.6 is 0 Å². The summed E-state index contributed by atoms with van der Waals surface area (Å²) >= 11 is 0. The molecular formula is C12H19NO2. The number of hydrogen-bond donors (Lipinski definition) is 2. The van der Waals surface area contributed by atoms with Crippen LogP contribution in [0, 0.1) is 0 Å². The lowest BCUT2D eigenvalue weighted by molar-refractivity contribution is 0.281. The van der Waals surface area contributed by atoms with Gasteiger partial charge in [-0.15, -0.1) is 0 Å². The molecule has 0 amide bonds. The summed E-state index contributed by atoms with van der Waals surface area (Å²) in [6, 6.07) is 7.85. The van der Waals surface area contributed by atoms with Gasteiger partial charge in [0.15, 0.2) is 0 Å². The molecule has 0 heterocycles. The first-order chi connectivity index (χ1) is 7.27. The van der Waals surface area contributed by atoms with Gasteiger partial charge < -0.3 is 15.6 Å². The lowest BCUT2D eigenvalue weighted by atomic mass is 10.0. The van der Waals surface area contributed by atoms with Gasteiger partial charge in [-0.2, -0.15) is 0 Å². The third kappa shape index (κ3) is 3.90. The van der Waals surface area contributed by atoms with Crippen molar-refractivity contribution < 1.29 is 9.84 Å². The molecule has 0 spiro atoms. The summed E-state index contributed by atoms with van der Waals surface area (Å²) in [7, 11) is 1.65. The van der Waals surface area contributed by atoms with E-state index in [2.05, 4.69) is 0 Å². The van der Waals surface area contributed by atoms with Crippen LogP contribution in [-0.2, 0) is 0 Å². The maximum Gasteiger partial charge on any atom is 0.119 e. The maximum atomic E-state index is 8.67. The highest BCUT2D eigenvalue weighted by atomic mass is 16.5. The van der Waals surface area contributed by atoms with Crippen molar-refractivity contribution in [2.75, 3.05) is 13.7 Å². The standard InChI is InChI=1S/C12H19NO2/c1-15-11-6-4-5-10(9-11)12(13)7-2-3-8-14/h4-6,9,12,14H,2-3,7-8,13H2,1H3. The third-order valence-electron chi connectivity index (χ3n) is 2.45. The molecule has 0 aliphatic rings. The number of hydrogen-bond acceptors (Lipinski definition) is 3. The van der Waals surface area contributed by atoms with Crippen molar-refractivity contribution in [1.29, 1.82) is 0 Å². The van der Waals surface area contributed by atoms with Gasteiger partial charge in [-0.05, 0) is 37.0 Å². The molecule has 0 fully saturated rings. The topological polar surface area (TPSA) is 55.5 Å². The predicted octanol–water partition coefficient (Wildman–Crippen LogP) is 1.86. The Morgan fingerprint density at radius 1 is 1.40 bits per heavy atom.